The summed E-state index contributed by atoms with van der Waals surface area (Å²) in [5.74, 6) is -1.86. The molecule has 0 spiro atoms. The number of hydrogen-bond acceptors (Lipinski definition) is 3. The summed E-state index contributed by atoms with van der Waals surface area (Å²) in [7, 11) is 0. The Morgan fingerprint density at radius 2 is 1.64 bits per heavy atom. The van der Waals surface area contributed by atoms with Gasteiger partial charge < -0.3 is 10.6 Å². The molecule has 0 aliphatic heterocycles. The van der Waals surface area contributed by atoms with Crippen LogP contribution in [0.15, 0.2) is 60.8 Å². The van der Waals surface area contributed by atoms with Crippen LogP contribution in [0.2, 0.25) is 0 Å². The van der Waals surface area contributed by atoms with Gasteiger partial charge in [0.1, 0.15) is 17.5 Å². The Bertz CT molecular complexity index is 986. The quantitative estimate of drug-likeness (QED) is 0.586. The second kappa shape index (κ2) is 7.63. The third-order valence-electron chi connectivity index (χ3n) is 3.69. The molecule has 2 N–H and O–H groups in total. The summed E-state index contributed by atoms with van der Waals surface area (Å²) in [4.78, 5) is 16.1. The number of rotatable bonds is 4. The lowest BCUT2D eigenvalue weighted by atomic mass is 10.1. The van der Waals surface area contributed by atoms with Crippen molar-refractivity contribution in [3.63, 3.8) is 0 Å². The van der Waals surface area contributed by atoms with E-state index in [0.29, 0.717) is 0 Å². The third-order valence-corrected chi connectivity index (χ3v) is 3.69. The number of benzene rings is 2. The number of amides is 1. The van der Waals surface area contributed by atoms with Gasteiger partial charge in [0.25, 0.3) is 5.91 Å². The Kier molecular flexibility index (Phi) is 5.25. The summed E-state index contributed by atoms with van der Waals surface area (Å²) < 4.78 is 64.2. The molecule has 2 aromatic carbocycles. The number of carbonyl (C=O) groups excluding carboxylic acids is 1. The third kappa shape index (κ3) is 4.61. The minimum absolute atomic E-state index is 0.0236. The van der Waals surface area contributed by atoms with Crippen molar-refractivity contribution >= 4 is 23.1 Å². The maximum Gasteiger partial charge on any atom is 0.416 e. The summed E-state index contributed by atoms with van der Waals surface area (Å²) in [5.41, 5.74) is -0.497. The van der Waals surface area contributed by atoms with Gasteiger partial charge in [0, 0.05) is 11.6 Å². The normalized spacial score (nSPS) is 11.2. The molecular formula is C19H12F5N3O. The monoisotopic (exact) mass is 393 g/mol. The number of hydrogen-bond donors (Lipinski definition) is 2. The van der Waals surface area contributed by atoms with Crippen molar-refractivity contribution in [2.45, 2.75) is 6.18 Å². The molecule has 0 fully saturated rings. The van der Waals surface area contributed by atoms with Crippen LogP contribution in [-0.4, -0.2) is 10.9 Å². The van der Waals surface area contributed by atoms with Crippen molar-refractivity contribution in [3.8, 4) is 0 Å². The maximum atomic E-state index is 13.6. The first-order valence-corrected chi connectivity index (χ1v) is 7.89. The molecule has 144 valence electrons. The van der Waals surface area contributed by atoms with Crippen LogP contribution in [0, 0.1) is 11.6 Å². The molecule has 0 atom stereocenters. The fourth-order valence-corrected chi connectivity index (χ4v) is 2.28. The van der Waals surface area contributed by atoms with Crippen LogP contribution in [0.3, 0.4) is 0 Å². The Morgan fingerprint density at radius 1 is 0.929 bits per heavy atom. The molecule has 28 heavy (non-hydrogen) atoms. The summed E-state index contributed by atoms with van der Waals surface area (Å²) in [6.45, 7) is 0. The summed E-state index contributed by atoms with van der Waals surface area (Å²) >= 11 is 0. The van der Waals surface area contributed by atoms with E-state index in [2.05, 4.69) is 15.6 Å². The fourth-order valence-electron chi connectivity index (χ4n) is 2.28. The van der Waals surface area contributed by atoms with Crippen molar-refractivity contribution in [2.24, 2.45) is 0 Å². The molecule has 0 aliphatic rings. The molecule has 0 saturated heterocycles. The van der Waals surface area contributed by atoms with Gasteiger partial charge in [-0.3, -0.25) is 4.79 Å². The fraction of sp³-hybridized carbons (Fsp3) is 0.0526. The predicted octanol–water partition coefficient (Wildman–Crippen LogP) is 5.37. The highest BCUT2D eigenvalue weighted by Gasteiger charge is 2.30. The van der Waals surface area contributed by atoms with Crippen LogP contribution in [0.5, 0.6) is 0 Å². The molecular weight excluding hydrogens is 381 g/mol. The molecule has 0 saturated carbocycles. The van der Waals surface area contributed by atoms with E-state index in [1.54, 1.807) is 0 Å². The second-order valence-corrected chi connectivity index (χ2v) is 5.71. The first-order chi connectivity index (χ1) is 13.2. The Morgan fingerprint density at radius 3 is 2.21 bits per heavy atom. The number of nitrogens with zero attached hydrogens (tertiary/aromatic N) is 1. The van der Waals surface area contributed by atoms with E-state index in [0.717, 1.165) is 36.4 Å². The van der Waals surface area contributed by atoms with Crippen molar-refractivity contribution in [3.05, 3.63) is 83.6 Å². The van der Waals surface area contributed by atoms with Gasteiger partial charge in [0.15, 0.2) is 0 Å². The number of aromatic nitrogens is 1. The van der Waals surface area contributed by atoms with Crippen molar-refractivity contribution in [2.75, 3.05) is 10.6 Å². The zero-order chi connectivity index (χ0) is 20.3. The average molecular weight is 393 g/mol. The Hall–Kier alpha value is -3.49. The minimum atomic E-state index is -4.48. The highest BCUT2D eigenvalue weighted by atomic mass is 19.4. The van der Waals surface area contributed by atoms with Gasteiger partial charge in [-0.2, -0.15) is 13.2 Å². The maximum absolute atomic E-state index is 13.6. The predicted molar refractivity (Wildman–Crippen MR) is 93.3 cm³/mol. The number of pyridine rings is 1. The van der Waals surface area contributed by atoms with Crippen LogP contribution in [0.4, 0.5) is 39.1 Å². The standard InChI is InChI=1S/C19H12F5N3O/c20-13-5-7-16(15(21)9-13)27-17-8-6-14(10-25-17)26-18(28)11-1-3-12(4-2-11)19(22,23)24/h1-10H,(H,25,27)(H,26,28). The Balaban J connectivity index is 1.66. The van der Waals surface area contributed by atoms with Gasteiger partial charge in [-0.15, -0.1) is 0 Å². The van der Waals surface area contributed by atoms with E-state index in [4.69, 9.17) is 0 Å². The first-order valence-electron chi connectivity index (χ1n) is 7.89. The smallest absolute Gasteiger partial charge is 0.338 e. The molecule has 0 radical (unpaired) electrons. The lowest BCUT2D eigenvalue weighted by Gasteiger charge is -2.10. The lowest BCUT2D eigenvalue weighted by molar-refractivity contribution is -0.137. The first kappa shape index (κ1) is 19.3. The Labute approximate surface area is 156 Å². The van der Waals surface area contributed by atoms with Crippen LogP contribution >= 0.6 is 0 Å². The van der Waals surface area contributed by atoms with Crippen molar-refractivity contribution in [1.82, 2.24) is 4.98 Å². The van der Waals surface area contributed by atoms with E-state index in [1.165, 1.54) is 24.4 Å². The number of halogens is 5. The number of nitrogens with one attached hydrogen (secondary N) is 2. The molecule has 1 aromatic heterocycles. The van der Waals surface area contributed by atoms with Gasteiger partial charge in [-0.25, -0.2) is 13.8 Å². The number of anilines is 3. The summed E-state index contributed by atoms with van der Waals surface area (Å²) in [6, 6.07) is 9.72. The minimum Gasteiger partial charge on any atom is -0.338 e. The summed E-state index contributed by atoms with van der Waals surface area (Å²) in [6.07, 6.45) is -3.20. The highest BCUT2D eigenvalue weighted by Crippen LogP contribution is 2.29. The average Bonchev–Trinajstić information content (AvgIpc) is 2.65. The summed E-state index contributed by atoms with van der Waals surface area (Å²) in [5, 5.41) is 5.15. The van der Waals surface area contributed by atoms with E-state index < -0.39 is 29.3 Å². The highest BCUT2D eigenvalue weighted by molar-refractivity contribution is 6.04. The topological polar surface area (TPSA) is 54.0 Å². The van der Waals surface area contributed by atoms with Gasteiger partial charge in [0.2, 0.25) is 0 Å². The molecule has 4 nitrogen and oxygen atoms in total. The van der Waals surface area contributed by atoms with Crippen LogP contribution in [-0.2, 0) is 6.18 Å². The zero-order valence-corrected chi connectivity index (χ0v) is 14.0. The van der Waals surface area contributed by atoms with Crippen molar-refractivity contribution < 1.29 is 26.7 Å². The molecule has 0 aliphatic carbocycles. The van der Waals surface area contributed by atoms with E-state index in [-0.39, 0.29) is 22.8 Å². The van der Waals surface area contributed by atoms with E-state index in [9.17, 15) is 26.7 Å². The molecule has 3 rings (SSSR count). The van der Waals surface area contributed by atoms with Crippen LogP contribution < -0.4 is 10.6 Å². The van der Waals surface area contributed by atoms with Crippen molar-refractivity contribution in [1.29, 1.82) is 0 Å². The number of alkyl halides is 3. The van der Waals surface area contributed by atoms with E-state index >= 15 is 0 Å². The molecule has 1 heterocycles. The van der Waals surface area contributed by atoms with Crippen LogP contribution in [0.1, 0.15) is 15.9 Å². The largest absolute Gasteiger partial charge is 0.416 e. The number of carbonyl (C=O) groups is 1. The van der Waals surface area contributed by atoms with Gasteiger partial charge in [-0.1, -0.05) is 0 Å². The van der Waals surface area contributed by atoms with Gasteiger partial charge >= 0.3 is 6.18 Å². The van der Waals surface area contributed by atoms with Gasteiger partial charge in [-0.05, 0) is 48.5 Å². The van der Waals surface area contributed by atoms with E-state index in [1.807, 2.05) is 0 Å². The second-order valence-electron chi connectivity index (χ2n) is 5.71. The lowest BCUT2D eigenvalue weighted by Crippen LogP contribution is -2.13. The van der Waals surface area contributed by atoms with Gasteiger partial charge in [0.05, 0.1) is 23.1 Å². The molecule has 0 unspecified atom stereocenters. The van der Waals surface area contributed by atoms with Crippen LogP contribution in [0.25, 0.3) is 0 Å². The molecule has 0 bridgehead atoms. The molecule has 3 aromatic rings. The zero-order valence-electron chi connectivity index (χ0n) is 14.0. The molecule has 9 heteroatoms. The molecule has 1 amide bonds. The SMILES string of the molecule is O=C(Nc1ccc(Nc2ccc(F)cc2F)nc1)c1ccc(C(F)(F)F)cc1.